The van der Waals surface area contributed by atoms with Gasteiger partial charge in [-0.1, -0.05) is 66.4 Å². The lowest BCUT2D eigenvalue weighted by molar-refractivity contribution is -0.141. The first-order valence-corrected chi connectivity index (χ1v) is 25.4. The zero-order chi connectivity index (χ0) is 54.0. The minimum absolute atomic E-state index is 0. The Balaban J connectivity index is 0.000000189. The third-order valence-corrected chi connectivity index (χ3v) is 14.4. The first kappa shape index (κ1) is 56.3. The van der Waals surface area contributed by atoms with Gasteiger partial charge in [0.25, 0.3) is 5.91 Å². The second kappa shape index (κ2) is 25.4. The van der Waals surface area contributed by atoms with Crippen molar-refractivity contribution >= 4 is 45.9 Å². The van der Waals surface area contributed by atoms with Crippen LogP contribution in [-0.2, 0) is 53.3 Å². The van der Waals surface area contributed by atoms with E-state index in [1.54, 1.807) is 43.5 Å². The highest BCUT2D eigenvalue weighted by atomic mass is 16.5. The number of rotatable bonds is 14. The number of benzene rings is 6. The van der Waals surface area contributed by atoms with E-state index in [-0.39, 0.29) is 43.1 Å². The molecule has 0 bridgehead atoms. The van der Waals surface area contributed by atoms with Crippen molar-refractivity contribution in [1.29, 1.82) is 0 Å². The molecular formula is C60H68N8O9. The Hall–Kier alpha value is -8.44. The van der Waals surface area contributed by atoms with Gasteiger partial charge in [-0.25, -0.2) is 14.2 Å². The fraction of sp³-hybridized carbons (Fsp3) is 0.333. The summed E-state index contributed by atoms with van der Waals surface area (Å²) in [5.41, 5.74) is 15.6. The predicted molar refractivity (Wildman–Crippen MR) is 295 cm³/mol. The fourth-order valence-electron chi connectivity index (χ4n) is 10.2. The van der Waals surface area contributed by atoms with Crippen LogP contribution < -0.4 is 14.8 Å². The van der Waals surface area contributed by atoms with Gasteiger partial charge in [0.2, 0.25) is 0 Å². The number of carbonyl (C=O) groups is 4. The molecule has 17 heteroatoms. The molecular weight excluding hydrogens is 977 g/mol. The molecule has 8 aromatic rings. The summed E-state index contributed by atoms with van der Waals surface area (Å²) in [7, 11) is 4.58. The highest BCUT2D eigenvalue weighted by Gasteiger charge is 2.28. The standard InChI is InChI=1S/C29H30N4O4.C22H26N4O2.C8H8O3.CH4/c1-4-33-26-12-11-24(18(2)28(26)30-31-33)25(16-27(34)35)21-6-5-19-13-14-32(17-22(19)15-21)29(36)20-7-9-23(37-3)10-8-20;1-4-26-20-8-7-18(14(2)22(20)24-25-26)19(12-21(27)28-3)16-6-5-15-9-10-23-13-17(15)11-16;1-11-7-4-2-6(3-5-7)8(9)10;/h5-12,15,25H,4,13-14,16-17H2,1-3H3,(H,34,35);5-8,11,19,23H,4,9-10,12-13H2,1-3H3;2-5H,1H3,(H,9,10);1H4. The summed E-state index contributed by atoms with van der Waals surface area (Å²) in [6, 6.07) is 34.3. The van der Waals surface area contributed by atoms with E-state index in [9.17, 15) is 24.3 Å². The Morgan fingerprint density at radius 3 is 1.62 bits per heavy atom. The molecule has 2 atom stereocenters. The normalized spacial score (nSPS) is 13.3. The van der Waals surface area contributed by atoms with Gasteiger partial charge in [0.1, 0.15) is 22.5 Å². The average molecular weight is 1050 g/mol. The van der Waals surface area contributed by atoms with Crippen molar-refractivity contribution in [2.45, 2.75) is 98.8 Å². The highest BCUT2D eigenvalue weighted by Crippen LogP contribution is 2.37. The second-order valence-corrected chi connectivity index (χ2v) is 18.8. The van der Waals surface area contributed by atoms with Crippen molar-refractivity contribution in [2.24, 2.45) is 0 Å². The molecule has 77 heavy (non-hydrogen) atoms. The zero-order valence-corrected chi connectivity index (χ0v) is 44.0. The van der Waals surface area contributed by atoms with E-state index in [2.05, 4.69) is 82.3 Å². The molecule has 0 saturated carbocycles. The van der Waals surface area contributed by atoms with Crippen molar-refractivity contribution in [3.05, 3.63) is 176 Å². The molecule has 3 N–H and O–H groups in total. The van der Waals surface area contributed by atoms with Crippen LogP contribution in [0.2, 0.25) is 0 Å². The molecule has 2 aromatic heterocycles. The quantitative estimate of drug-likeness (QED) is 0.0866. The number of fused-ring (bicyclic) bond motifs is 4. The number of nitrogens with zero attached hydrogens (tertiary/aromatic N) is 7. The number of aromatic nitrogens is 6. The molecule has 2 aliphatic rings. The summed E-state index contributed by atoms with van der Waals surface area (Å²) in [4.78, 5) is 49.5. The number of carboxylic acid groups (broad SMARTS) is 2. The summed E-state index contributed by atoms with van der Waals surface area (Å²) in [5.74, 6) is -1.07. The van der Waals surface area contributed by atoms with Crippen LogP contribution in [0.4, 0.5) is 0 Å². The van der Waals surface area contributed by atoms with Gasteiger partial charge in [-0.05, 0) is 163 Å². The van der Waals surface area contributed by atoms with Crippen LogP contribution in [0.5, 0.6) is 11.5 Å². The molecule has 10 rings (SSSR count). The maximum absolute atomic E-state index is 13.2. The average Bonchev–Trinajstić information content (AvgIpc) is 4.10. The van der Waals surface area contributed by atoms with E-state index < -0.39 is 11.9 Å². The van der Waals surface area contributed by atoms with Gasteiger partial charge in [-0.15, -0.1) is 10.2 Å². The summed E-state index contributed by atoms with van der Waals surface area (Å²) >= 11 is 0. The minimum Gasteiger partial charge on any atom is -0.497 e. The van der Waals surface area contributed by atoms with E-state index in [1.165, 1.54) is 43.0 Å². The number of amides is 1. The van der Waals surface area contributed by atoms with Gasteiger partial charge < -0.3 is 34.6 Å². The van der Waals surface area contributed by atoms with Crippen LogP contribution in [-0.4, -0.2) is 103 Å². The summed E-state index contributed by atoms with van der Waals surface area (Å²) < 4.78 is 18.8. The van der Waals surface area contributed by atoms with Gasteiger partial charge in [0.05, 0.1) is 50.8 Å². The number of hydrogen-bond donors (Lipinski definition) is 3. The molecule has 1 amide bonds. The SMILES string of the molecule is C.CCn1nnc2c(C)c(C(CC(=O)O)c3ccc4c(c3)CN(C(=O)c3ccc(OC)cc3)CC4)ccc21.CCn1nnc2c(C)c(C(CC(=O)OC)c3ccc4c(c3)CNCC4)ccc21.COc1ccc(C(=O)O)cc1. The number of carboxylic acids is 2. The molecule has 402 valence electrons. The fourth-order valence-corrected chi connectivity index (χ4v) is 10.2. The topological polar surface area (TPSA) is 213 Å². The molecule has 17 nitrogen and oxygen atoms in total. The lowest BCUT2D eigenvalue weighted by atomic mass is 9.83. The summed E-state index contributed by atoms with van der Waals surface area (Å²) in [6.07, 6.45) is 2.06. The molecule has 0 spiro atoms. The minimum atomic E-state index is -0.923. The molecule has 0 aliphatic carbocycles. The van der Waals surface area contributed by atoms with Crippen LogP contribution in [0, 0.1) is 13.8 Å². The number of hydrogen-bond acceptors (Lipinski definition) is 12. The lowest BCUT2D eigenvalue weighted by Gasteiger charge is -2.30. The third-order valence-electron chi connectivity index (χ3n) is 14.4. The van der Waals surface area contributed by atoms with E-state index >= 15 is 0 Å². The number of esters is 1. The molecule has 0 fully saturated rings. The maximum atomic E-state index is 13.2. The maximum Gasteiger partial charge on any atom is 0.335 e. The van der Waals surface area contributed by atoms with Gasteiger partial charge in [0.15, 0.2) is 0 Å². The monoisotopic (exact) mass is 1040 g/mol. The van der Waals surface area contributed by atoms with E-state index in [0.29, 0.717) is 43.1 Å². The van der Waals surface area contributed by atoms with Crippen molar-refractivity contribution in [3.8, 4) is 11.5 Å². The van der Waals surface area contributed by atoms with E-state index in [0.717, 1.165) is 93.5 Å². The Bertz CT molecular complexity index is 3390. The molecule has 6 aromatic carbocycles. The van der Waals surface area contributed by atoms with E-state index in [1.807, 2.05) is 46.3 Å². The predicted octanol–water partition coefficient (Wildman–Crippen LogP) is 9.70. The van der Waals surface area contributed by atoms with Crippen molar-refractivity contribution < 1.29 is 43.6 Å². The number of aryl methyl sites for hydroxylation is 4. The van der Waals surface area contributed by atoms with Crippen LogP contribution in [0.3, 0.4) is 0 Å². The first-order valence-electron chi connectivity index (χ1n) is 25.4. The highest BCUT2D eigenvalue weighted by molar-refractivity contribution is 5.94. The number of aliphatic carboxylic acids is 1. The third kappa shape index (κ3) is 12.6. The summed E-state index contributed by atoms with van der Waals surface area (Å²) in [5, 5.41) is 38.9. The number of nitrogens with one attached hydrogen (secondary N) is 1. The largest absolute Gasteiger partial charge is 0.497 e. The Kier molecular flexibility index (Phi) is 18.6. The number of ether oxygens (including phenoxy) is 3. The van der Waals surface area contributed by atoms with Crippen LogP contribution >= 0.6 is 0 Å². The number of carbonyl (C=O) groups excluding carboxylic acids is 2. The first-order chi connectivity index (χ1) is 36.7. The summed E-state index contributed by atoms with van der Waals surface area (Å²) in [6.45, 7) is 12.6. The number of methoxy groups -OCH3 is 3. The Morgan fingerprint density at radius 2 is 1.13 bits per heavy atom. The molecule has 0 saturated heterocycles. The zero-order valence-electron chi connectivity index (χ0n) is 44.0. The molecule has 2 aliphatic heterocycles. The van der Waals surface area contributed by atoms with Crippen molar-refractivity contribution in [3.63, 3.8) is 0 Å². The van der Waals surface area contributed by atoms with Crippen LogP contribution in [0.25, 0.3) is 22.1 Å². The Labute approximate surface area is 448 Å². The van der Waals surface area contributed by atoms with Crippen LogP contribution in [0.1, 0.15) is 122 Å². The second-order valence-electron chi connectivity index (χ2n) is 18.8. The van der Waals surface area contributed by atoms with E-state index in [4.69, 9.17) is 19.3 Å². The molecule has 4 heterocycles. The van der Waals surface area contributed by atoms with Gasteiger partial charge in [-0.2, -0.15) is 0 Å². The van der Waals surface area contributed by atoms with Gasteiger partial charge in [-0.3, -0.25) is 14.4 Å². The van der Waals surface area contributed by atoms with Crippen LogP contribution in [0.15, 0.2) is 109 Å². The number of aromatic carboxylic acids is 1. The smallest absolute Gasteiger partial charge is 0.335 e. The Morgan fingerprint density at radius 1 is 0.623 bits per heavy atom. The molecule has 2 unspecified atom stereocenters. The lowest BCUT2D eigenvalue weighted by Crippen LogP contribution is -2.36. The van der Waals surface area contributed by atoms with Crippen molar-refractivity contribution in [2.75, 3.05) is 34.4 Å². The van der Waals surface area contributed by atoms with Crippen molar-refractivity contribution in [1.82, 2.24) is 40.2 Å². The molecule has 0 radical (unpaired) electrons. The van der Waals surface area contributed by atoms with Gasteiger partial charge in [0, 0.05) is 50.1 Å². The van der Waals surface area contributed by atoms with Gasteiger partial charge >= 0.3 is 17.9 Å².